The fourth-order valence-electron chi connectivity index (χ4n) is 4.77. The molecule has 0 aromatic heterocycles. The summed E-state index contributed by atoms with van der Waals surface area (Å²) in [5, 5.41) is 10.7. The summed E-state index contributed by atoms with van der Waals surface area (Å²) >= 11 is 0. The third-order valence-corrected chi connectivity index (χ3v) is 6.88. The fourth-order valence-corrected chi connectivity index (χ4v) is 4.77. The molecule has 0 saturated heterocycles. The maximum atomic E-state index is 10.7. The first kappa shape index (κ1) is 28.3. The Morgan fingerprint density at radius 1 is 0.559 bits per heavy atom. The van der Waals surface area contributed by atoms with E-state index in [1.54, 1.807) is 0 Å². The van der Waals surface area contributed by atoms with Crippen molar-refractivity contribution in [3.05, 3.63) is 53.6 Å². The number of hydrogen-bond acceptors (Lipinski definition) is 2. The van der Waals surface area contributed by atoms with E-state index in [1.807, 2.05) is 36.4 Å². The van der Waals surface area contributed by atoms with Crippen LogP contribution in [0.25, 0.3) is 0 Å². The van der Waals surface area contributed by atoms with Crippen molar-refractivity contribution in [2.45, 2.75) is 129 Å². The highest BCUT2D eigenvalue weighted by Crippen LogP contribution is 2.38. The summed E-state index contributed by atoms with van der Waals surface area (Å²) in [5.41, 5.74) is 2.58. The number of aromatic hydroxyl groups is 1. The van der Waals surface area contributed by atoms with Crippen LogP contribution in [0.5, 0.6) is 17.2 Å². The highest BCUT2D eigenvalue weighted by atomic mass is 16.5. The predicted molar refractivity (Wildman–Crippen MR) is 147 cm³/mol. The van der Waals surface area contributed by atoms with Gasteiger partial charge in [0, 0.05) is 5.56 Å². The average molecular weight is 467 g/mol. The predicted octanol–water partition coefficient (Wildman–Crippen LogP) is 10.6. The summed E-state index contributed by atoms with van der Waals surface area (Å²) in [5.74, 6) is 1.73. The van der Waals surface area contributed by atoms with Crippen molar-refractivity contribution in [1.82, 2.24) is 0 Å². The molecule has 2 aromatic rings. The molecule has 2 nitrogen and oxygen atoms in total. The van der Waals surface area contributed by atoms with E-state index >= 15 is 0 Å². The largest absolute Gasteiger partial charge is 0.504 e. The Labute approximate surface area is 210 Å². The highest BCUT2D eigenvalue weighted by molar-refractivity contribution is 5.52. The molecule has 0 fully saturated rings. The molecule has 0 aliphatic heterocycles. The minimum absolute atomic E-state index is 0.262. The highest BCUT2D eigenvalue weighted by Gasteiger charge is 2.15. The van der Waals surface area contributed by atoms with Crippen LogP contribution in [0.4, 0.5) is 0 Å². The molecule has 34 heavy (non-hydrogen) atoms. The minimum atomic E-state index is 0.262. The molecule has 0 atom stereocenters. The SMILES string of the molecule is CCCCCCCCCCc1ccc(O)c(Oc2ccccc2)c1CCCCCCCCCC. The van der Waals surface area contributed by atoms with E-state index in [-0.39, 0.29) is 5.75 Å². The molecule has 0 heterocycles. The van der Waals surface area contributed by atoms with E-state index in [4.69, 9.17) is 4.74 Å². The van der Waals surface area contributed by atoms with Crippen LogP contribution in [0, 0.1) is 0 Å². The number of ether oxygens (including phenoxy) is 1. The van der Waals surface area contributed by atoms with Crippen LogP contribution < -0.4 is 4.74 Å². The number of para-hydroxylation sites is 1. The molecule has 0 radical (unpaired) electrons. The molecule has 0 bridgehead atoms. The molecule has 2 heteroatoms. The van der Waals surface area contributed by atoms with Crippen molar-refractivity contribution in [1.29, 1.82) is 0 Å². The molecule has 0 amide bonds. The van der Waals surface area contributed by atoms with Gasteiger partial charge in [-0.2, -0.15) is 0 Å². The number of unbranched alkanes of at least 4 members (excludes halogenated alkanes) is 14. The normalized spacial score (nSPS) is 11.1. The fraction of sp³-hybridized carbons (Fsp3) is 0.625. The van der Waals surface area contributed by atoms with Gasteiger partial charge >= 0.3 is 0 Å². The van der Waals surface area contributed by atoms with Gasteiger partial charge in [-0.15, -0.1) is 0 Å². The van der Waals surface area contributed by atoms with Crippen molar-refractivity contribution >= 4 is 0 Å². The molecule has 1 N–H and O–H groups in total. The second-order valence-electron chi connectivity index (χ2n) is 9.92. The maximum absolute atomic E-state index is 10.7. The number of hydrogen-bond donors (Lipinski definition) is 1. The van der Waals surface area contributed by atoms with Gasteiger partial charge in [0.15, 0.2) is 11.5 Å². The first-order valence-corrected chi connectivity index (χ1v) is 14.3. The first-order valence-electron chi connectivity index (χ1n) is 14.3. The third-order valence-electron chi connectivity index (χ3n) is 6.88. The van der Waals surface area contributed by atoms with Crippen LogP contribution in [0.3, 0.4) is 0 Å². The van der Waals surface area contributed by atoms with Crippen LogP contribution in [-0.4, -0.2) is 5.11 Å². The van der Waals surface area contributed by atoms with Gasteiger partial charge in [0.25, 0.3) is 0 Å². The Morgan fingerprint density at radius 3 is 1.62 bits per heavy atom. The number of rotatable bonds is 20. The molecule has 190 valence electrons. The number of aryl methyl sites for hydroxylation is 1. The molecular weight excluding hydrogens is 416 g/mol. The second-order valence-corrected chi connectivity index (χ2v) is 9.92. The standard InChI is InChI=1S/C32H50O2/c1-3-5-7-9-11-13-15-18-22-28-26-27-31(33)32(34-29-23-19-17-20-24-29)30(28)25-21-16-14-12-10-8-6-4-2/h17,19-20,23-24,26-27,33H,3-16,18,21-22,25H2,1-2H3. The summed E-state index contributed by atoms with van der Waals surface area (Å²) in [7, 11) is 0. The van der Waals surface area contributed by atoms with Gasteiger partial charge in [0.1, 0.15) is 5.75 Å². The summed E-state index contributed by atoms with van der Waals surface area (Å²) in [6, 6.07) is 13.8. The van der Waals surface area contributed by atoms with Crippen LogP contribution >= 0.6 is 0 Å². The van der Waals surface area contributed by atoms with Crippen molar-refractivity contribution in [3.8, 4) is 17.2 Å². The minimum Gasteiger partial charge on any atom is -0.504 e. The summed E-state index contributed by atoms with van der Waals surface area (Å²) < 4.78 is 6.24. The lowest BCUT2D eigenvalue weighted by atomic mass is 9.95. The number of benzene rings is 2. The lowest BCUT2D eigenvalue weighted by molar-refractivity contribution is 0.405. The van der Waals surface area contributed by atoms with Gasteiger partial charge in [0.2, 0.25) is 0 Å². The molecule has 2 rings (SSSR count). The van der Waals surface area contributed by atoms with Crippen molar-refractivity contribution in [2.75, 3.05) is 0 Å². The van der Waals surface area contributed by atoms with E-state index in [1.165, 1.54) is 107 Å². The maximum Gasteiger partial charge on any atom is 0.172 e. The topological polar surface area (TPSA) is 29.5 Å². The van der Waals surface area contributed by atoms with E-state index in [0.717, 1.165) is 25.0 Å². The average Bonchev–Trinajstić information content (AvgIpc) is 2.86. The van der Waals surface area contributed by atoms with E-state index < -0.39 is 0 Å². The zero-order chi connectivity index (χ0) is 24.3. The van der Waals surface area contributed by atoms with Gasteiger partial charge < -0.3 is 9.84 Å². The smallest absolute Gasteiger partial charge is 0.172 e. The Kier molecular flexibility index (Phi) is 15.3. The van der Waals surface area contributed by atoms with Gasteiger partial charge in [-0.05, 0) is 49.4 Å². The molecule has 2 aromatic carbocycles. The first-order chi connectivity index (χ1) is 16.8. The van der Waals surface area contributed by atoms with Gasteiger partial charge in [0.05, 0.1) is 0 Å². The Bertz CT molecular complexity index is 753. The van der Waals surface area contributed by atoms with Crippen molar-refractivity contribution < 1.29 is 9.84 Å². The molecule has 0 spiro atoms. The Hall–Kier alpha value is -1.96. The molecule has 0 unspecified atom stereocenters. The lowest BCUT2D eigenvalue weighted by Gasteiger charge is -2.17. The molecule has 0 saturated carbocycles. The van der Waals surface area contributed by atoms with Crippen molar-refractivity contribution in [2.24, 2.45) is 0 Å². The molecule has 0 aliphatic rings. The quantitative estimate of drug-likeness (QED) is 0.197. The summed E-state index contributed by atoms with van der Waals surface area (Å²) in [6.07, 6.45) is 23.2. The number of phenols is 1. The lowest BCUT2D eigenvalue weighted by Crippen LogP contribution is -2.00. The van der Waals surface area contributed by atoms with Crippen LogP contribution in [0.1, 0.15) is 128 Å². The second kappa shape index (κ2) is 18.4. The number of phenolic OH excluding ortho intramolecular Hbond substituents is 1. The van der Waals surface area contributed by atoms with E-state index in [2.05, 4.69) is 19.9 Å². The van der Waals surface area contributed by atoms with E-state index in [0.29, 0.717) is 5.75 Å². The zero-order valence-corrected chi connectivity index (χ0v) is 22.1. The van der Waals surface area contributed by atoms with Gasteiger partial charge in [-0.1, -0.05) is 128 Å². The summed E-state index contributed by atoms with van der Waals surface area (Å²) in [6.45, 7) is 4.55. The van der Waals surface area contributed by atoms with E-state index in [9.17, 15) is 5.11 Å². The van der Waals surface area contributed by atoms with Crippen molar-refractivity contribution in [3.63, 3.8) is 0 Å². The molecule has 0 aliphatic carbocycles. The monoisotopic (exact) mass is 466 g/mol. The zero-order valence-electron chi connectivity index (χ0n) is 22.1. The van der Waals surface area contributed by atoms with Crippen LogP contribution in [0.15, 0.2) is 42.5 Å². The van der Waals surface area contributed by atoms with Crippen LogP contribution in [-0.2, 0) is 12.8 Å². The Morgan fingerprint density at radius 2 is 1.06 bits per heavy atom. The van der Waals surface area contributed by atoms with Gasteiger partial charge in [-0.25, -0.2) is 0 Å². The Balaban J connectivity index is 1.94. The molecular formula is C32H50O2. The summed E-state index contributed by atoms with van der Waals surface area (Å²) in [4.78, 5) is 0. The van der Waals surface area contributed by atoms with Gasteiger partial charge in [-0.3, -0.25) is 0 Å². The van der Waals surface area contributed by atoms with Crippen LogP contribution in [0.2, 0.25) is 0 Å². The third kappa shape index (κ3) is 11.4.